The first kappa shape index (κ1) is 38.2. The van der Waals surface area contributed by atoms with E-state index in [9.17, 15) is 0 Å². The zero-order chi connectivity index (χ0) is 42.5. The molecule has 0 atom stereocenters. The van der Waals surface area contributed by atoms with E-state index in [0.717, 1.165) is 17.1 Å². The van der Waals surface area contributed by atoms with Crippen LogP contribution in [0.5, 0.6) is 0 Å². The molecule has 0 spiro atoms. The zero-order valence-corrected chi connectivity index (χ0v) is 37.7. The summed E-state index contributed by atoms with van der Waals surface area (Å²) in [5.41, 5.74) is 4.47. The van der Waals surface area contributed by atoms with Crippen LogP contribution in [0.4, 0.5) is 17.2 Å². The number of anilines is 3. The Morgan fingerprint density at radius 2 is 1.00 bits per heavy atom. The first-order valence-electron chi connectivity index (χ1n) is 21.8. The average molecular weight is 868 g/mol. The lowest BCUT2D eigenvalue weighted by Crippen LogP contribution is -2.78. The van der Waals surface area contributed by atoms with Gasteiger partial charge in [-0.2, -0.15) is 0 Å². The van der Waals surface area contributed by atoms with Crippen molar-refractivity contribution < 1.29 is 0 Å². The topological polar surface area (TPSA) is 29.0 Å². The molecule has 0 aliphatic carbocycles. The monoisotopic (exact) mass is 867 g/mol. The average Bonchev–Trinajstić information content (AvgIpc) is 3.77. The van der Waals surface area contributed by atoms with Crippen LogP contribution in [-0.2, 0) is 0 Å². The van der Waals surface area contributed by atoms with Crippen LogP contribution in [0.25, 0.3) is 31.4 Å². The second-order valence-corrected chi connectivity index (χ2v) is 25.1. The molecule has 302 valence electrons. The molecule has 12 rings (SSSR count). The predicted octanol–water partition coefficient (Wildman–Crippen LogP) is 9.05. The normalized spacial score (nSPS) is 13.1. The summed E-state index contributed by atoms with van der Waals surface area (Å²) in [4.78, 5) is 12.6. The Labute approximate surface area is 379 Å². The minimum absolute atomic E-state index is 0.900. The summed E-state index contributed by atoms with van der Waals surface area (Å²) in [6.07, 6.45) is 3.83. The van der Waals surface area contributed by atoms with Crippen molar-refractivity contribution in [2.24, 2.45) is 0 Å². The third kappa shape index (κ3) is 5.84. The summed E-state index contributed by atoms with van der Waals surface area (Å²) in [6.45, 7) is 0. The van der Waals surface area contributed by atoms with Gasteiger partial charge in [-0.1, -0.05) is 194 Å². The number of fused-ring (bicyclic) bond motifs is 6. The highest BCUT2D eigenvalue weighted by molar-refractivity contribution is 7.26. The van der Waals surface area contributed by atoms with Gasteiger partial charge in [0.1, 0.15) is 5.82 Å². The van der Waals surface area contributed by atoms with Crippen LogP contribution in [-0.4, -0.2) is 26.1 Å². The number of hydrogen-bond acceptors (Lipinski definition) is 4. The van der Waals surface area contributed by atoms with Gasteiger partial charge in [-0.3, -0.25) is 9.88 Å². The maximum absolute atomic E-state index is 5.23. The molecule has 1 aliphatic heterocycles. The number of aromatic nitrogens is 2. The predicted molar refractivity (Wildman–Crippen MR) is 276 cm³/mol. The Bertz CT molecular complexity index is 3360. The number of pyridine rings is 2. The van der Waals surface area contributed by atoms with Crippen molar-refractivity contribution in [2.45, 2.75) is 0 Å². The molecule has 0 N–H and O–H groups in total. The van der Waals surface area contributed by atoms with Crippen molar-refractivity contribution in [1.82, 2.24) is 9.97 Å². The van der Waals surface area contributed by atoms with E-state index >= 15 is 0 Å². The van der Waals surface area contributed by atoms with Gasteiger partial charge in [0.2, 0.25) is 0 Å². The van der Waals surface area contributed by atoms with Gasteiger partial charge in [-0.25, -0.2) is 4.98 Å². The molecule has 4 heterocycles. The van der Waals surface area contributed by atoms with E-state index in [2.05, 4.69) is 229 Å². The van der Waals surface area contributed by atoms with Gasteiger partial charge in [0.25, 0.3) is 0 Å². The Kier molecular flexibility index (Phi) is 9.37. The summed E-state index contributed by atoms with van der Waals surface area (Å²) in [5.74, 6) is 0.900. The second-order valence-electron chi connectivity index (χ2n) is 16.4. The van der Waals surface area contributed by atoms with Crippen LogP contribution in [0.3, 0.4) is 0 Å². The number of benzene rings is 8. The molecule has 0 bridgehead atoms. The van der Waals surface area contributed by atoms with Gasteiger partial charge in [0, 0.05) is 43.8 Å². The Hall–Kier alpha value is -7.49. The van der Waals surface area contributed by atoms with Gasteiger partial charge >= 0.3 is 0 Å². The number of nitrogens with zero attached hydrogens (tertiary/aromatic N) is 3. The van der Waals surface area contributed by atoms with Crippen molar-refractivity contribution in [3.63, 3.8) is 0 Å². The van der Waals surface area contributed by atoms with E-state index in [-0.39, 0.29) is 0 Å². The molecular weight excluding hydrogens is 827 g/mol. The van der Waals surface area contributed by atoms with Crippen molar-refractivity contribution in [3.8, 4) is 11.3 Å². The fraction of sp³-hybridized carbons (Fsp3) is 0. The molecule has 1 aliphatic rings. The van der Waals surface area contributed by atoms with E-state index in [1.54, 1.807) is 0 Å². The SMILES string of the molecule is c1ccc([Si](c2ccccc2)(c2cccc(-c3ccccn3)c2)c2ccc3c(c2)N(c2ccccn2)c2c(ccc4sc5ccccc5c24)[Si]3(c2ccccc2)c2ccccc2)cc1. The molecule has 0 fully saturated rings. The van der Waals surface area contributed by atoms with Gasteiger partial charge < -0.3 is 0 Å². The molecule has 0 saturated carbocycles. The number of rotatable bonds is 8. The molecule has 8 aromatic carbocycles. The van der Waals surface area contributed by atoms with Gasteiger partial charge in [0.05, 0.1) is 11.4 Å². The smallest absolute Gasteiger partial charge is 0.184 e. The Balaban J connectivity index is 1.27. The molecule has 11 aromatic rings. The minimum atomic E-state index is -3.09. The zero-order valence-electron chi connectivity index (χ0n) is 34.9. The van der Waals surface area contributed by atoms with E-state index in [1.807, 2.05) is 35.9 Å². The van der Waals surface area contributed by atoms with Gasteiger partial charge in [-0.15, -0.1) is 11.3 Å². The molecule has 6 heteroatoms. The highest BCUT2D eigenvalue weighted by Gasteiger charge is 2.51. The lowest BCUT2D eigenvalue weighted by Gasteiger charge is -2.46. The lowest BCUT2D eigenvalue weighted by molar-refractivity contribution is 1.19. The maximum Gasteiger partial charge on any atom is 0.184 e. The summed E-state index contributed by atoms with van der Waals surface area (Å²) in [7, 11) is -6.15. The third-order valence-corrected chi connectivity index (χ3v) is 23.9. The number of hydrogen-bond donors (Lipinski definition) is 0. The lowest BCUT2D eigenvalue weighted by atomic mass is 10.1. The standard InChI is InChI=1S/C58H41N3SSi2/c1-5-21-43(22-6-1)63(44-23-7-2-8-24-44,47-29-19-20-42(40-47)50-31-15-17-38-59-50)48-34-36-54-51(41-48)61(56-33-16-18-39-60-56)58-55(37-35-53-57(58)49-30-13-14-32-52(49)62-53)64(54,45-25-9-3-10-26-45)46-27-11-4-12-28-46/h1-41H. The van der Waals surface area contributed by atoms with E-state index in [1.165, 1.54) is 73.0 Å². The maximum atomic E-state index is 5.23. The van der Waals surface area contributed by atoms with E-state index in [0.29, 0.717) is 0 Å². The second kappa shape index (κ2) is 15.7. The van der Waals surface area contributed by atoms with Crippen molar-refractivity contribution in [3.05, 3.63) is 249 Å². The van der Waals surface area contributed by atoms with Crippen molar-refractivity contribution in [1.29, 1.82) is 0 Å². The minimum Gasteiger partial charge on any atom is -0.295 e. The molecule has 0 amide bonds. The largest absolute Gasteiger partial charge is 0.295 e. The number of thiophene rings is 1. The molecule has 0 radical (unpaired) electrons. The molecule has 3 aromatic heterocycles. The van der Waals surface area contributed by atoms with Crippen molar-refractivity contribution in [2.75, 3.05) is 4.90 Å². The molecule has 64 heavy (non-hydrogen) atoms. The molecular formula is C58H41N3SSi2. The quantitative estimate of drug-likeness (QED) is 0.113. The Morgan fingerprint density at radius 3 is 1.66 bits per heavy atom. The van der Waals surface area contributed by atoms with Crippen LogP contribution in [0.2, 0.25) is 0 Å². The summed E-state index contributed by atoms with van der Waals surface area (Å²) in [5, 5.41) is 13.2. The fourth-order valence-electron chi connectivity index (χ4n) is 10.6. The van der Waals surface area contributed by atoms with Crippen LogP contribution in [0.15, 0.2) is 249 Å². The summed E-state index contributed by atoms with van der Waals surface area (Å²) in [6, 6.07) is 88.3. The summed E-state index contributed by atoms with van der Waals surface area (Å²) < 4.78 is 2.55. The van der Waals surface area contributed by atoms with Crippen LogP contribution in [0.1, 0.15) is 0 Å². The highest BCUT2D eigenvalue weighted by atomic mass is 32.1. The van der Waals surface area contributed by atoms with E-state index < -0.39 is 16.1 Å². The fourth-order valence-corrected chi connectivity index (χ4v) is 21.6. The van der Waals surface area contributed by atoms with Crippen molar-refractivity contribution >= 4 is 106 Å². The Morgan fingerprint density at radius 1 is 0.422 bits per heavy atom. The van der Waals surface area contributed by atoms with Crippen LogP contribution >= 0.6 is 11.3 Å². The summed E-state index contributed by atoms with van der Waals surface area (Å²) >= 11 is 1.87. The van der Waals surface area contributed by atoms with Crippen LogP contribution < -0.4 is 46.4 Å². The highest BCUT2D eigenvalue weighted by Crippen LogP contribution is 2.46. The first-order valence-corrected chi connectivity index (χ1v) is 26.6. The molecule has 0 unspecified atom stereocenters. The molecule has 3 nitrogen and oxygen atoms in total. The molecule has 0 saturated heterocycles. The van der Waals surface area contributed by atoms with Gasteiger partial charge in [0.15, 0.2) is 16.1 Å². The first-order chi connectivity index (χ1) is 31.8. The van der Waals surface area contributed by atoms with Gasteiger partial charge in [-0.05, 0) is 84.0 Å². The van der Waals surface area contributed by atoms with Crippen LogP contribution in [0, 0.1) is 0 Å². The third-order valence-electron chi connectivity index (χ3n) is 13.2. The van der Waals surface area contributed by atoms with E-state index in [4.69, 9.17) is 9.97 Å².